The molecule has 2 aromatic heterocycles. The van der Waals surface area contributed by atoms with E-state index < -0.39 is 0 Å². The molecule has 0 atom stereocenters. The zero-order chi connectivity index (χ0) is 13.7. The number of aliphatic hydroxyl groups is 1. The van der Waals surface area contributed by atoms with Gasteiger partial charge in [0.25, 0.3) is 0 Å². The van der Waals surface area contributed by atoms with E-state index >= 15 is 0 Å². The number of aryl methyl sites for hydroxylation is 1. The Bertz CT molecular complexity index is 780. The summed E-state index contributed by atoms with van der Waals surface area (Å²) in [5.41, 5.74) is 4.17. The minimum Gasteiger partial charge on any atom is -0.395 e. The van der Waals surface area contributed by atoms with E-state index in [-0.39, 0.29) is 12.0 Å². The summed E-state index contributed by atoms with van der Waals surface area (Å²) in [4.78, 5) is 11.4. The van der Waals surface area contributed by atoms with E-state index in [4.69, 9.17) is 4.98 Å². The zero-order valence-electron chi connectivity index (χ0n) is 11.4. The van der Waals surface area contributed by atoms with Crippen LogP contribution in [0.2, 0.25) is 0 Å². The predicted molar refractivity (Wildman–Crippen MR) is 78.6 cm³/mol. The van der Waals surface area contributed by atoms with Crippen molar-refractivity contribution in [3.8, 4) is 11.3 Å². The van der Waals surface area contributed by atoms with E-state index in [9.17, 15) is 5.11 Å². The molecule has 1 aliphatic carbocycles. The number of para-hydroxylation sites is 1. The highest BCUT2D eigenvalue weighted by atomic mass is 16.3. The van der Waals surface area contributed by atoms with Crippen molar-refractivity contribution in [1.29, 1.82) is 0 Å². The minimum absolute atomic E-state index is 0.116. The molecule has 0 bridgehead atoms. The molecule has 3 N–H and O–H groups in total. The van der Waals surface area contributed by atoms with Crippen molar-refractivity contribution >= 4 is 10.9 Å². The molecule has 1 saturated carbocycles. The van der Waals surface area contributed by atoms with Crippen LogP contribution in [0.4, 0.5) is 0 Å². The lowest BCUT2D eigenvalue weighted by Crippen LogP contribution is -2.13. The van der Waals surface area contributed by atoms with Crippen LogP contribution in [0.25, 0.3) is 22.2 Å². The molecule has 0 aliphatic heterocycles. The molecule has 0 unspecified atom stereocenters. The van der Waals surface area contributed by atoms with Crippen LogP contribution in [0.15, 0.2) is 30.5 Å². The Morgan fingerprint density at radius 3 is 2.85 bits per heavy atom. The normalized spacial score (nSPS) is 16.7. The van der Waals surface area contributed by atoms with Gasteiger partial charge in [-0.15, -0.1) is 0 Å². The van der Waals surface area contributed by atoms with Gasteiger partial charge in [-0.3, -0.25) is 0 Å². The van der Waals surface area contributed by atoms with E-state index in [1.54, 1.807) is 0 Å². The summed E-state index contributed by atoms with van der Waals surface area (Å²) in [5, 5.41) is 10.7. The van der Waals surface area contributed by atoms with Crippen LogP contribution in [0.3, 0.4) is 0 Å². The molecule has 0 amide bonds. The maximum absolute atomic E-state index is 9.55. The fourth-order valence-corrected chi connectivity index (χ4v) is 2.86. The first-order valence-electron chi connectivity index (χ1n) is 6.98. The van der Waals surface area contributed by atoms with E-state index in [1.165, 1.54) is 5.39 Å². The molecule has 0 radical (unpaired) electrons. The van der Waals surface area contributed by atoms with Gasteiger partial charge in [-0.2, -0.15) is 0 Å². The Morgan fingerprint density at radius 1 is 1.30 bits per heavy atom. The highest BCUT2D eigenvalue weighted by Crippen LogP contribution is 2.47. The number of nitrogens with one attached hydrogen (secondary N) is 2. The van der Waals surface area contributed by atoms with Crippen LogP contribution in [-0.4, -0.2) is 26.7 Å². The van der Waals surface area contributed by atoms with Crippen LogP contribution in [0, 0.1) is 6.92 Å². The molecule has 4 heteroatoms. The lowest BCUT2D eigenvalue weighted by Gasteiger charge is -2.06. The highest BCUT2D eigenvalue weighted by Gasteiger charge is 2.46. The smallest absolute Gasteiger partial charge is 0.115 e. The van der Waals surface area contributed by atoms with Crippen LogP contribution in [0.5, 0.6) is 0 Å². The molecule has 1 aromatic carbocycles. The van der Waals surface area contributed by atoms with E-state index in [0.717, 1.165) is 41.1 Å². The Morgan fingerprint density at radius 2 is 2.10 bits per heavy atom. The average molecular weight is 267 g/mol. The van der Waals surface area contributed by atoms with Gasteiger partial charge >= 0.3 is 0 Å². The highest BCUT2D eigenvalue weighted by molar-refractivity contribution is 5.95. The summed E-state index contributed by atoms with van der Waals surface area (Å²) in [7, 11) is 0. The van der Waals surface area contributed by atoms with E-state index in [2.05, 4.69) is 22.1 Å². The molecular formula is C16H17N3O. The number of aromatic amines is 2. The zero-order valence-corrected chi connectivity index (χ0v) is 11.4. The first-order valence-corrected chi connectivity index (χ1v) is 6.98. The predicted octanol–water partition coefficient (Wildman–Crippen LogP) is 2.89. The second-order valence-electron chi connectivity index (χ2n) is 5.75. The third-order valence-corrected chi connectivity index (χ3v) is 4.39. The fourth-order valence-electron chi connectivity index (χ4n) is 2.86. The van der Waals surface area contributed by atoms with Crippen LogP contribution >= 0.6 is 0 Å². The number of fused-ring (bicyclic) bond motifs is 1. The quantitative estimate of drug-likeness (QED) is 0.683. The van der Waals surface area contributed by atoms with E-state index in [1.807, 2.05) is 25.3 Å². The third kappa shape index (κ3) is 1.55. The second kappa shape index (κ2) is 3.96. The second-order valence-corrected chi connectivity index (χ2v) is 5.75. The van der Waals surface area contributed by atoms with Crippen molar-refractivity contribution in [1.82, 2.24) is 15.0 Å². The maximum atomic E-state index is 9.55. The first-order chi connectivity index (χ1) is 9.73. The number of H-pyrrole nitrogens is 2. The fraction of sp³-hybridized carbons (Fsp3) is 0.312. The molecule has 20 heavy (non-hydrogen) atoms. The first kappa shape index (κ1) is 11.7. The van der Waals surface area contributed by atoms with Crippen molar-refractivity contribution < 1.29 is 5.11 Å². The monoisotopic (exact) mass is 267 g/mol. The Balaban J connectivity index is 1.86. The van der Waals surface area contributed by atoms with Crippen molar-refractivity contribution in [3.05, 3.63) is 42.0 Å². The average Bonchev–Trinajstić information content (AvgIpc) is 3.02. The van der Waals surface area contributed by atoms with E-state index in [0.29, 0.717) is 0 Å². The number of benzene rings is 1. The molecule has 4 nitrogen and oxygen atoms in total. The number of rotatable bonds is 3. The molecule has 4 rings (SSSR count). The van der Waals surface area contributed by atoms with Gasteiger partial charge in [-0.25, -0.2) is 4.98 Å². The van der Waals surface area contributed by atoms with Crippen molar-refractivity contribution in [3.63, 3.8) is 0 Å². The maximum Gasteiger partial charge on any atom is 0.115 e. The van der Waals surface area contributed by atoms with Gasteiger partial charge in [-0.05, 0) is 25.8 Å². The van der Waals surface area contributed by atoms with Gasteiger partial charge in [-0.1, -0.05) is 18.2 Å². The van der Waals surface area contributed by atoms with Gasteiger partial charge < -0.3 is 15.1 Å². The third-order valence-electron chi connectivity index (χ3n) is 4.39. The summed E-state index contributed by atoms with van der Waals surface area (Å²) >= 11 is 0. The Labute approximate surface area is 116 Å². The number of hydrogen-bond acceptors (Lipinski definition) is 2. The summed E-state index contributed by atoms with van der Waals surface area (Å²) in [6.45, 7) is 2.22. The number of imidazole rings is 1. The van der Waals surface area contributed by atoms with Gasteiger partial charge in [0.05, 0.1) is 17.7 Å². The molecule has 0 spiro atoms. The molecule has 0 saturated heterocycles. The molecule has 2 heterocycles. The van der Waals surface area contributed by atoms with Crippen LogP contribution in [0.1, 0.15) is 24.4 Å². The standard InChI is InChI=1S/C16H17N3O/c1-10-14(19-15(18-10)16(9-20)6-7-16)12-8-17-13-5-3-2-4-11(12)13/h2-5,8,17,20H,6-7,9H2,1H3,(H,18,19). The number of aliphatic hydroxyl groups excluding tert-OH is 1. The summed E-state index contributed by atoms with van der Waals surface area (Å²) in [5.74, 6) is 0.929. The topological polar surface area (TPSA) is 64.7 Å². The largest absolute Gasteiger partial charge is 0.395 e. The Hall–Kier alpha value is -2.07. The molecule has 102 valence electrons. The molecule has 1 fully saturated rings. The van der Waals surface area contributed by atoms with Crippen molar-refractivity contribution in [2.45, 2.75) is 25.2 Å². The number of nitrogens with zero attached hydrogens (tertiary/aromatic N) is 1. The summed E-state index contributed by atoms with van der Waals surface area (Å²) in [6.07, 6.45) is 4.05. The van der Waals surface area contributed by atoms with Gasteiger partial charge in [0, 0.05) is 28.4 Å². The summed E-state index contributed by atoms with van der Waals surface area (Å²) < 4.78 is 0. The summed E-state index contributed by atoms with van der Waals surface area (Å²) in [6, 6.07) is 8.24. The Kier molecular flexibility index (Phi) is 2.32. The van der Waals surface area contributed by atoms with Crippen molar-refractivity contribution in [2.24, 2.45) is 0 Å². The number of hydrogen-bond donors (Lipinski definition) is 3. The molecule has 1 aliphatic rings. The lowest BCUT2D eigenvalue weighted by atomic mass is 10.1. The van der Waals surface area contributed by atoms with Gasteiger partial charge in [0.15, 0.2) is 0 Å². The minimum atomic E-state index is -0.116. The molecular weight excluding hydrogens is 250 g/mol. The number of aromatic nitrogens is 3. The molecule has 3 aromatic rings. The SMILES string of the molecule is Cc1[nH]c(C2(CO)CC2)nc1-c1c[nH]c2ccccc12. The van der Waals surface area contributed by atoms with Gasteiger partial charge in [0.2, 0.25) is 0 Å². The van der Waals surface area contributed by atoms with Crippen molar-refractivity contribution in [2.75, 3.05) is 6.61 Å². The van der Waals surface area contributed by atoms with Crippen LogP contribution in [-0.2, 0) is 5.41 Å². The van der Waals surface area contributed by atoms with Crippen LogP contribution < -0.4 is 0 Å². The van der Waals surface area contributed by atoms with Gasteiger partial charge in [0.1, 0.15) is 5.82 Å². The lowest BCUT2D eigenvalue weighted by molar-refractivity contribution is 0.250.